The Labute approximate surface area is 125 Å². The van der Waals surface area contributed by atoms with Gasteiger partial charge in [0, 0.05) is 17.4 Å². The summed E-state index contributed by atoms with van der Waals surface area (Å²) in [5.41, 5.74) is 9.79. The molecular weight excluding hydrogens is 260 g/mol. The van der Waals surface area contributed by atoms with Crippen LogP contribution in [0, 0.1) is 0 Å². The van der Waals surface area contributed by atoms with Crippen molar-refractivity contribution in [1.29, 1.82) is 0 Å². The number of nitrogens with zero attached hydrogens (tertiary/aromatic N) is 1. The van der Waals surface area contributed by atoms with Gasteiger partial charge in [0.25, 0.3) is 0 Å². The average Bonchev–Trinajstić information content (AvgIpc) is 2.81. The number of rotatable bonds is 2. The summed E-state index contributed by atoms with van der Waals surface area (Å²) in [7, 11) is 0. The Hall–Kier alpha value is -2.29. The molecule has 1 aliphatic heterocycles. The third-order valence-corrected chi connectivity index (χ3v) is 4.23. The number of benzene rings is 2. The van der Waals surface area contributed by atoms with Crippen LogP contribution in [0.1, 0.15) is 30.9 Å². The SMILES string of the molecule is CC(C(=O)N1c2ccccc2CC1C)c1cccc(N)c1. The fraction of sp³-hybridized carbons (Fsp3) is 0.278. The van der Waals surface area contributed by atoms with E-state index in [1.807, 2.05) is 54.3 Å². The fourth-order valence-corrected chi connectivity index (χ4v) is 3.08. The second-order valence-electron chi connectivity index (χ2n) is 5.78. The van der Waals surface area contributed by atoms with Crippen LogP contribution in [0.3, 0.4) is 0 Å². The molecular formula is C18H20N2O. The zero-order chi connectivity index (χ0) is 15.0. The van der Waals surface area contributed by atoms with Crippen LogP contribution in [0.15, 0.2) is 48.5 Å². The van der Waals surface area contributed by atoms with Crippen LogP contribution in [-0.2, 0) is 11.2 Å². The van der Waals surface area contributed by atoms with Gasteiger partial charge in [-0.1, -0.05) is 30.3 Å². The van der Waals surface area contributed by atoms with Gasteiger partial charge < -0.3 is 10.6 Å². The van der Waals surface area contributed by atoms with Crippen LogP contribution in [0.5, 0.6) is 0 Å². The molecule has 3 heteroatoms. The van der Waals surface area contributed by atoms with Gasteiger partial charge in [-0.3, -0.25) is 4.79 Å². The Balaban J connectivity index is 1.92. The molecule has 21 heavy (non-hydrogen) atoms. The molecule has 0 radical (unpaired) electrons. The Morgan fingerprint density at radius 3 is 2.76 bits per heavy atom. The highest BCUT2D eigenvalue weighted by Gasteiger charge is 2.33. The summed E-state index contributed by atoms with van der Waals surface area (Å²) in [6, 6.07) is 15.9. The molecule has 0 aliphatic carbocycles. The van der Waals surface area contributed by atoms with E-state index in [0.717, 1.165) is 17.7 Å². The monoisotopic (exact) mass is 280 g/mol. The number of hydrogen-bond donors (Lipinski definition) is 1. The average molecular weight is 280 g/mol. The summed E-state index contributed by atoms with van der Waals surface area (Å²) in [5.74, 6) is -0.0554. The number of nitrogen functional groups attached to an aromatic ring is 1. The summed E-state index contributed by atoms with van der Waals surface area (Å²) < 4.78 is 0. The maximum atomic E-state index is 12.9. The normalized spacial score (nSPS) is 18.4. The summed E-state index contributed by atoms with van der Waals surface area (Å²) in [4.78, 5) is 14.8. The molecule has 1 aliphatic rings. The predicted molar refractivity (Wildman–Crippen MR) is 86.4 cm³/mol. The van der Waals surface area contributed by atoms with E-state index in [1.54, 1.807) is 0 Å². The van der Waals surface area contributed by atoms with Crippen molar-refractivity contribution in [2.45, 2.75) is 32.2 Å². The number of anilines is 2. The molecule has 2 atom stereocenters. The molecule has 2 aromatic rings. The van der Waals surface area contributed by atoms with Crippen molar-refractivity contribution in [3.8, 4) is 0 Å². The van der Waals surface area contributed by atoms with Crippen molar-refractivity contribution < 1.29 is 4.79 Å². The zero-order valence-corrected chi connectivity index (χ0v) is 12.4. The Morgan fingerprint density at radius 2 is 2.00 bits per heavy atom. The van der Waals surface area contributed by atoms with Gasteiger partial charge in [-0.2, -0.15) is 0 Å². The first kappa shape index (κ1) is 13.7. The number of amides is 1. The van der Waals surface area contributed by atoms with Crippen LogP contribution in [0.25, 0.3) is 0 Å². The molecule has 2 N–H and O–H groups in total. The van der Waals surface area contributed by atoms with E-state index in [9.17, 15) is 4.79 Å². The van der Waals surface area contributed by atoms with Crippen molar-refractivity contribution >= 4 is 17.3 Å². The van der Waals surface area contributed by atoms with E-state index in [0.29, 0.717) is 5.69 Å². The largest absolute Gasteiger partial charge is 0.399 e. The third-order valence-electron chi connectivity index (χ3n) is 4.23. The first-order chi connectivity index (χ1) is 10.1. The van der Waals surface area contributed by atoms with E-state index in [-0.39, 0.29) is 17.9 Å². The van der Waals surface area contributed by atoms with Crippen LogP contribution in [-0.4, -0.2) is 11.9 Å². The maximum Gasteiger partial charge on any atom is 0.234 e. The molecule has 1 heterocycles. The molecule has 1 amide bonds. The lowest BCUT2D eigenvalue weighted by Crippen LogP contribution is -2.38. The van der Waals surface area contributed by atoms with E-state index in [4.69, 9.17) is 5.73 Å². The first-order valence-electron chi connectivity index (χ1n) is 7.34. The van der Waals surface area contributed by atoms with Crippen LogP contribution in [0.2, 0.25) is 0 Å². The second-order valence-corrected chi connectivity index (χ2v) is 5.78. The van der Waals surface area contributed by atoms with Gasteiger partial charge in [0.2, 0.25) is 5.91 Å². The third kappa shape index (κ3) is 2.40. The molecule has 0 saturated carbocycles. The van der Waals surface area contributed by atoms with Crippen molar-refractivity contribution in [3.05, 3.63) is 59.7 Å². The van der Waals surface area contributed by atoms with Gasteiger partial charge >= 0.3 is 0 Å². The minimum atomic E-state index is -0.192. The maximum absolute atomic E-state index is 12.9. The molecule has 0 spiro atoms. The highest BCUT2D eigenvalue weighted by atomic mass is 16.2. The van der Waals surface area contributed by atoms with E-state index >= 15 is 0 Å². The van der Waals surface area contributed by atoms with E-state index < -0.39 is 0 Å². The molecule has 0 aromatic heterocycles. The number of hydrogen-bond acceptors (Lipinski definition) is 2. The van der Waals surface area contributed by atoms with Gasteiger partial charge in [0.05, 0.1) is 5.92 Å². The molecule has 2 aromatic carbocycles. The topological polar surface area (TPSA) is 46.3 Å². The number of carbonyl (C=O) groups is 1. The lowest BCUT2D eigenvalue weighted by atomic mass is 9.98. The van der Waals surface area contributed by atoms with Gasteiger partial charge in [0.15, 0.2) is 0 Å². The molecule has 2 unspecified atom stereocenters. The molecule has 0 bridgehead atoms. The van der Waals surface area contributed by atoms with Gasteiger partial charge in [-0.15, -0.1) is 0 Å². The van der Waals surface area contributed by atoms with Gasteiger partial charge in [-0.25, -0.2) is 0 Å². The van der Waals surface area contributed by atoms with Crippen molar-refractivity contribution in [3.63, 3.8) is 0 Å². The molecule has 0 saturated heterocycles. The molecule has 0 fully saturated rings. The fourth-order valence-electron chi connectivity index (χ4n) is 3.08. The molecule has 3 nitrogen and oxygen atoms in total. The van der Waals surface area contributed by atoms with Crippen molar-refractivity contribution in [2.75, 3.05) is 10.6 Å². The zero-order valence-electron chi connectivity index (χ0n) is 12.4. The molecule has 3 rings (SSSR count). The Bertz CT molecular complexity index is 680. The lowest BCUT2D eigenvalue weighted by molar-refractivity contribution is -0.120. The van der Waals surface area contributed by atoms with Crippen molar-refractivity contribution in [1.82, 2.24) is 0 Å². The minimum Gasteiger partial charge on any atom is -0.399 e. The first-order valence-corrected chi connectivity index (χ1v) is 7.34. The highest BCUT2D eigenvalue weighted by molar-refractivity contribution is 6.00. The second kappa shape index (κ2) is 5.24. The lowest BCUT2D eigenvalue weighted by Gasteiger charge is -2.26. The Morgan fingerprint density at radius 1 is 1.24 bits per heavy atom. The predicted octanol–water partition coefficient (Wildman–Crippen LogP) is 3.35. The quantitative estimate of drug-likeness (QED) is 0.857. The smallest absolute Gasteiger partial charge is 0.234 e. The van der Waals surface area contributed by atoms with Gasteiger partial charge in [0.1, 0.15) is 0 Å². The molecule has 108 valence electrons. The van der Waals surface area contributed by atoms with Crippen LogP contribution >= 0.6 is 0 Å². The standard InChI is InChI=1S/C18H20N2O/c1-12-10-15-6-3-4-9-17(15)20(12)18(21)13(2)14-7-5-8-16(19)11-14/h3-9,11-13H,10,19H2,1-2H3. The summed E-state index contributed by atoms with van der Waals surface area (Å²) in [6.07, 6.45) is 0.922. The van der Waals surface area contributed by atoms with E-state index in [2.05, 4.69) is 13.0 Å². The van der Waals surface area contributed by atoms with Crippen LogP contribution < -0.4 is 10.6 Å². The number of fused-ring (bicyclic) bond motifs is 1. The minimum absolute atomic E-state index is 0.137. The summed E-state index contributed by atoms with van der Waals surface area (Å²) >= 11 is 0. The highest BCUT2D eigenvalue weighted by Crippen LogP contribution is 2.34. The van der Waals surface area contributed by atoms with Crippen molar-refractivity contribution in [2.24, 2.45) is 0 Å². The Kier molecular flexibility index (Phi) is 3.42. The van der Waals surface area contributed by atoms with Crippen LogP contribution in [0.4, 0.5) is 11.4 Å². The van der Waals surface area contributed by atoms with Gasteiger partial charge in [-0.05, 0) is 49.6 Å². The summed E-state index contributed by atoms with van der Waals surface area (Å²) in [5, 5.41) is 0. The number of para-hydroxylation sites is 1. The number of carbonyl (C=O) groups excluding carboxylic acids is 1. The number of nitrogens with two attached hydrogens (primary N) is 1. The summed E-state index contributed by atoms with van der Waals surface area (Å²) in [6.45, 7) is 4.05. The van der Waals surface area contributed by atoms with E-state index in [1.165, 1.54) is 5.56 Å².